The van der Waals surface area contributed by atoms with Crippen LogP contribution in [0, 0.1) is 5.82 Å². The Kier molecular flexibility index (Phi) is 6.91. The number of carbonyl (C=O) groups is 1. The number of carbonyl (C=O) groups excluding carboxylic acids is 1. The van der Waals surface area contributed by atoms with Crippen molar-refractivity contribution in [1.82, 2.24) is 4.90 Å². The number of ether oxygens (including phenoxy) is 2. The number of nitrogens with one attached hydrogen (secondary N) is 1. The van der Waals surface area contributed by atoms with Crippen LogP contribution in [0.3, 0.4) is 0 Å². The Morgan fingerprint density at radius 2 is 1.63 bits per heavy atom. The molecule has 0 heterocycles. The molecule has 3 aromatic carbocycles. The van der Waals surface area contributed by atoms with E-state index in [-0.39, 0.29) is 11.7 Å². The highest BCUT2D eigenvalue weighted by Gasteiger charge is 2.23. The van der Waals surface area contributed by atoms with Gasteiger partial charge in [0.15, 0.2) is 11.5 Å². The van der Waals surface area contributed by atoms with Crippen molar-refractivity contribution in [2.24, 2.45) is 0 Å². The lowest BCUT2D eigenvalue weighted by Gasteiger charge is -2.30. The third kappa shape index (κ3) is 4.89. The molecular weight excluding hydrogens is 383 g/mol. The SMILES string of the molecule is COc1ccc(CN(C(=O)Nc2ccccc2F)C(C)c2ccccc2)cc1OC. The highest BCUT2D eigenvalue weighted by atomic mass is 19.1. The van der Waals surface area contributed by atoms with E-state index in [2.05, 4.69) is 5.32 Å². The summed E-state index contributed by atoms with van der Waals surface area (Å²) in [5.41, 5.74) is 1.97. The summed E-state index contributed by atoms with van der Waals surface area (Å²) in [7, 11) is 3.14. The van der Waals surface area contributed by atoms with Crippen LogP contribution in [0.25, 0.3) is 0 Å². The summed E-state index contributed by atoms with van der Waals surface area (Å²) >= 11 is 0. The maximum atomic E-state index is 14.1. The number of halogens is 1. The van der Waals surface area contributed by atoms with Crippen molar-refractivity contribution in [2.45, 2.75) is 19.5 Å². The summed E-state index contributed by atoms with van der Waals surface area (Å²) in [5.74, 6) is 0.709. The van der Waals surface area contributed by atoms with Gasteiger partial charge >= 0.3 is 6.03 Å². The molecule has 1 atom stereocenters. The standard InChI is InChI=1S/C24H25FN2O3/c1-17(19-9-5-4-6-10-19)27(24(28)26-21-12-8-7-11-20(21)25)16-18-13-14-22(29-2)23(15-18)30-3/h4-15,17H,16H2,1-3H3,(H,26,28). The van der Waals surface area contributed by atoms with E-state index in [0.717, 1.165) is 11.1 Å². The Hall–Kier alpha value is -3.54. The fourth-order valence-electron chi connectivity index (χ4n) is 3.22. The van der Waals surface area contributed by atoms with Crippen molar-refractivity contribution in [1.29, 1.82) is 0 Å². The molecule has 0 fully saturated rings. The summed E-state index contributed by atoms with van der Waals surface area (Å²) in [6.45, 7) is 2.24. The number of anilines is 1. The molecule has 1 unspecified atom stereocenters. The summed E-state index contributed by atoms with van der Waals surface area (Å²) in [6.07, 6.45) is 0. The van der Waals surface area contributed by atoms with Gasteiger partial charge in [-0.15, -0.1) is 0 Å². The Morgan fingerprint density at radius 3 is 2.30 bits per heavy atom. The van der Waals surface area contributed by atoms with Crippen molar-refractivity contribution >= 4 is 11.7 Å². The third-order valence-electron chi connectivity index (χ3n) is 4.93. The highest BCUT2D eigenvalue weighted by molar-refractivity contribution is 5.89. The van der Waals surface area contributed by atoms with Gasteiger partial charge in [0.2, 0.25) is 0 Å². The molecule has 0 aliphatic carbocycles. The van der Waals surface area contributed by atoms with Crippen LogP contribution < -0.4 is 14.8 Å². The van der Waals surface area contributed by atoms with Crippen molar-refractivity contribution in [3.8, 4) is 11.5 Å². The average molecular weight is 408 g/mol. The summed E-state index contributed by atoms with van der Waals surface area (Å²) in [5, 5.41) is 2.69. The number of rotatable bonds is 7. The van der Waals surface area contributed by atoms with Crippen molar-refractivity contribution < 1.29 is 18.7 Å². The number of amides is 2. The fraction of sp³-hybridized carbons (Fsp3) is 0.208. The van der Waals surface area contributed by atoms with Crippen molar-refractivity contribution in [3.05, 3.63) is 89.7 Å². The number of nitrogens with zero attached hydrogens (tertiary/aromatic N) is 1. The second kappa shape index (κ2) is 9.78. The molecule has 30 heavy (non-hydrogen) atoms. The van der Waals surface area contributed by atoms with Crippen LogP contribution in [0.2, 0.25) is 0 Å². The minimum absolute atomic E-state index is 0.139. The third-order valence-corrected chi connectivity index (χ3v) is 4.93. The lowest BCUT2D eigenvalue weighted by molar-refractivity contribution is 0.189. The minimum Gasteiger partial charge on any atom is -0.493 e. The predicted octanol–water partition coefficient (Wildman–Crippen LogP) is 5.64. The predicted molar refractivity (Wildman–Crippen MR) is 115 cm³/mol. The zero-order valence-electron chi connectivity index (χ0n) is 17.3. The molecular formula is C24H25FN2O3. The summed E-state index contributed by atoms with van der Waals surface area (Å²) in [4.78, 5) is 14.8. The zero-order valence-corrected chi connectivity index (χ0v) is 17.3. The number of hydrogen-bond acceptors (Lipinski definition) is 3. The Morgan fingerprint density at radius 1 is 0.967 bits per heavy atom. The second-order valence-electron chi connectivity index (χ2n) is 6.81. The topological polar surface area (TPSA) is 50.8 Å². The first-order valence-electron chi connectivity index (χ1n) is 9.61. The second-order valence-corrected chi connectivity index (χ2v) is 6.81. The monoisotopic (exact) mass is 408 g/mol. The quantitative estimate of drug-likeness (QED) is 0.551. The van der Waals surface area contributed by atoms with Gasteiger partial charge in [-0.1, -0.05) is 48.5 Å². The van der Waals surface area contributed by atoms with Gasteiger partial charge in [0, 0.05) is 6.54 Å². The van der Waals surface area contributed by atoms with Gasteiger partial charge in [-0.3, -0.25) is 0 Å². The summed E-state index contributed by atoms with van der Waals surface area (Å²) in [6, 6.07) is 20.7. The molecule has 2 amide bonds. The first kappa shape index (κ1) is 21.2. The van der Waals surface area contributed by atoms with Gasteiger partial charge in [0.25, 0.3) is 0 Å². The molecule has 1 N–H and O–H groups in total. The molecule has 0 spiro atoms. The van der Waals surface area contributed by atoms with E-state index < -0.39 is 11.8 Å². The molecule has 0 bridgehead atoms. The number of urea groups is 1. The van der Waals surface area contributed by atoms with Crippen LogP contribution in [0.1, 0.15) is 24.1 Å². The molecule has 156 valence electrons. The van der Waals surface area contributed by atoms with Crippen LogP contribution in [0.15, 0.2) is 72.8 Å². The average Bonchev–Trinajstić information content (AvgIpc) is 2.78. The lowest BCUT2D eigenvalue weighted by Crippen LogP contribution is -2.36. The maximum Gasteiger partial charge on any atom is 0.322 e. The maximum absolute atomic E-state index is 14.1. The Bertz CT molecular complexity index is 995. The van der Waals surface area contributed by atoms with E-state index >= 15 is 0 Å². The smallest absolute Gasteiger partial charge is 0.322 e. The molecule has 6 heteroatoms. The largest absolute Gasteiger partial charge is 0.493 e. The van der Waals surface area contributed by atoms with E-state index in [1.54, 1.807) is 37.3 Å². The van der Waals surface area contributed by atoms with Gasteiger partial charge in [-0.2, -0.15) is 0 Å². The normalized spacial score (nSPS) is 11.5. The lowest BCUT2D eigenvalue weighted by atomic mass is 10.1. The zero-order chi connectivity index (χ0) is 21.5. The number of benzene rings is 3. The van der Waals surface area contributed by atoms with Gasteiger partial charge < -0.3 is 19.7 Å². The Labute approximate surface area is 176 Å². The highest BCUT2D eigenvalue weighted by Crippen LogP contribution is 2.30. The molecule has 0 aliphatic rings. The molecule has 3 rings (SSSR count). The molecule has 5 nitrogen and oxygen atoms in total. The Balaban J connectivity index is 1.91. The van der Waals surface area contributed by atoms with Gasteiger partial charge in [-0.05, 0) is 42.3 Å². The van der Waals surface area contributed by atoms with Gasteiger partial charge in [0.1, 0.15) is 5.82 Å². The van der Waals surface area contributed by atoms with E-state index in [4.69, 9.17) is 9.47 Å². The number of para-hydroxylation sites is 1. The number of methoxy groups -OCH3 is 2. The first-order valence-corrected chi connectivity index (χ1v) is 9.61. The molecule has 0 saturated carbocycles. The first-order chi connectivity index (χ1) is 14.5. The minimum atomic E-state index is -0.482. The van der Waals surface area contributed by atoms with Crippen LogP contribution in [0.5, 0.6) is 11.5 Å². The van der Waals surface area contributed by atoms with Crippen molar-refractivity contribution in [2.75, 3.05) is 19.5 Å². The fourth-order valence-corrected chi connectivity index (χ4v) is 3.22. The van der Waals surface area contributed by atoms with E-state index in [9.17, 15) is 9.18 Å². The van der Waals surface area contributed by atoms with Crippen LogP contribution in [-0.2, 0) is 6.54 Å². The molecule has 0 saturated heterocycles. The summed E-state index contributed by atoms with van der Waals surface area (Å²) < 4.78 is 24.8. The van der Waals surface area contributed by atoms with Gasteiger partial charge in [0.05, 0.1) is 25.9 Å². The van der Waals surface area contributed by atoms with Gasteiger partial charge in [-0.25, -0.2) is 9.18 Å². The van der Waals surface area contributed by atoms with E-state index in [1.165, 1.54) is 12.1 Å². The van der Waals surface area contributed by atoms with E-state index in [0.29, 0.717) is 18.0 Å². The molecule has 3 aromatic rings. The molecule has 0 aliphatic heterocycles. The van der Waals surface area contributed by atoms with E-state index in [1.807, 2.05) is 49.4 Å². The molecule has 0 radical (unpaired) electrons. The molecule has 0 aromatic heterocycles. The van der Waals surface area contributed by atoms with Crippen LogP contribution in [-0.4, -0.2) is 25.2 Å². The van der Waals surface area contributed by atoms with Crippen LogP contribution >= 0.6 is 0 Å². The van der Waals surface area contributed by atoms with Crippen molar-refractivity contribution in [3.63, 3.8) is 0 Å². The number of hydrogen-bond donors (Lipinski definition) is 1. The van der Waals surface area contributed by atoms with Crippen LogP contribution in [0.4, 0.5) is 14.9 Å².